The summed E-state index contributed by atoms with van der Waals surface area (Å²) in [6.45, 7) is 3.73. The average molecular weight is 526 g/mol. The molecule has 1 fully saturated rings. The summed E-state index contributed by atoms with van der Waals surface area (Å²) in [5, 5.41) is 17.1. The minimum Gasteiger partial charge on any atom is -0.493 e. The van der Waals surface area contributed by atoms with Gasteiger partial charge in [-0.2, -0.15) is 0 Å². The van der Waals surface area contributed by atoms with E-state index >= 15 is 0 Å². The molecule has 0 saturated heterocycles. The van der Waals surface area contributed by atoms with Crippen molar-refractivity contribution < 1.29 is 24.0 Å². The number of carbonyl (C=O) groups is 2. The Labute approximate surface area is 224 Å². The number of nitro benzene ring substituents is 1. The molecule has 1 atom stereocenters. The first-order valence-electron chi connectivity index (χ1n) is 13.2. The number of nitrogens with zero attached hydrogens (tertiary/aromatic N) is 1. The van der Waals surface area contributed by atoms with Crippen molar-refractivity contribution in [1.29, 1.82) is 0 Å². The van der Waals surface area contributed by atoms with Crippen molar-refractivity contribution in [2.75, 3.05) is 14.2 Å². The molecule has 2 aromatic rings. The van der Waals surface area contributed by atoms with Gasteiger partial charge in [-0.1, -0.05) is 39.2 Å². The predicted molar refractivity (Wildman–Crippen MR) is 145 cm³/mol. The Balaban J connectivity index is 1.68. The van der Waals surface area contributed by atoms with Crippen LogP contribution in [0.4, 0.5) is 5.69 Å². The molecule has 3 rings (SSSR count). The van der Waals surface area contributed by atoms with Gasteiger partial charge < -0.3 is 20.1 Å². The molecule has 206 valence electrons. The third-order valence-electron chi connectivity index (χ3n) is 7.26. The van der Waals surface area contributed by atoms with Gasteiger partial charge in [0, 0.05) is 23.6 Å². The highest BCUT2D eigenvalue weighted by Crippen LogP contribution is 2.30. The molecule has 1 aliphatic carbocycles. The lowest BCUT2D eigenvalue weighted by Gasteiger charge is -2.29. The fraction of sp³-hybridized carbons (Fsp3) is 0.517. The quantitative estimate of drug-likeness (QED) is 0.288. The van der Waals surface area contributed by atoms with Crippen molar-refractivity contribution in [3.05, 3.63) is 63.7 Å². The van der Waals surface area contributed by atoms with Crippen LogP contribution in [-0.4, -0.2) is 37.0 Å². The molecule has 0 bridgehead atoms. The molecule has 2 amide bonds. The first-order chi connectivity index (χ1) is 18.1. The van der Waals surface area contributed by atoms with Gasteiger partial charge in [-0.15, -0.1) is 0 Å². The number of benzene rings is 2. The number of non-ortho nitro benzene ring substituents is 1. The van der Waals surface area contributed by atoms with E-state index in [2.05, 4.69) is 10.6 Å². The number of methoxy groups -OCH3 is 2. The van der Waals surface area contributed by atoms with E-state index in [0.717, 1.165) is 50.5 Å². The summed E-state index contributed by atoms with van der Waals surface area (Å²) >= 11 is 0. The van der Waals surface area contributed by atoms with Gasteiger partial charge in [-0.3, -0.25) is 19.7 Å². The zero-order valence-electron chi connectivity index (χ0n) is 22.7. The maximum atomic E-state index is 13.4. The number of hydrogen-bond acceptors (Lipinski definition) is 6. The van der Waals surface area contributed by atoms with Gasteiger partial charge in [0.1, 0.15) is 6.04 Å². The van der Waals surface area contributed by atoms with Gasteiger partial charge in [0.15, 0.2) is 11.5 Å². The maximum absolute atomic E-state index is 13.4. The van der Waals surface area contributed by atoms with E-state index in [9.17, 15) is 19.7 Å². The van der Waals surface area contributed by atoms with Crippen LogP contribution in [0.15, 0.2) is 42.5 Å². The number of aryl methyl sites for hydroxylation is 1. The number of hydrogen-bond donors (Lipinski definition) is 2. The number of rotatable bonds is 12. The summed E-state index contributed by atoms with van der Waals surface area (Å²) < 4.78 is 10.7. The Kier molecular flexibility index (Phi) is 10.1. The van der Waals surface area contributed by atoms with Gasteiger partial charge in [0.2, 0.25) is 11.8 Å². The second-order valence-corrected chi connectivity index (χ2v) is 10.5. The molecule has 2 aromatic carbocycles. The van der Waals surface area contributed by atoms with Crippen LogP contribution in [-0.2, 0) is 16.0 Å². The average Bonchev–Trinajstić information content (AvgIpc) is 2.91. The van der Waals surface area contributed by atoms with Crippen LogP contribution in [0.3, 0.4) is 0 Å². The monoisotopic (exact) mass is 525 g/mol. The standard InChI is InChI=1S/C29H39N3O6/c1-29(2,18-8-9-20-12-17-24(37-3)25(19-20)38-4)28(34)31-26(21-13-15-23(16-14-21)32(35)36)27(33)30-22-10-6-5-7-11-22/h12-17,19,22,26H,5-11,18H2,1-4H3,(H,30,33)(H,31,34). The third-order valence-corrected chi connectivity index (χ3v) is 7.26. The lowest BCUT2D eigenvalue weighted by Crippen LogP contribution is -2.47. The number of nitrogens with one attached hydrogen (secondary N) is 2. The lowest BCUT2D eigenvalue weighted by atomic mass is 9.85. The summed E-state index contributed by atoms with van der Waals surface area (Å²) in [6, 6.07) is 10.7. The first-order valence-corrected chi connectivity index (χ1v) is 13.2. The maximum Gasteiger partial charge on any atom is 0.269 e. The molecule has 0 aromatic heterocycles. The Morgan fingerprint density at radius 3 is 2.29 bits per heavy atom. The molecule has 0 spiro atoms. The van der Waals surface area contributed by atoms with E-state index in [1.165, 1.54) is 24.3 Å². The van der Waals surface area contributed by atoms with Crippen LogP contribution in [0.1, 0.15) is 76.0 Å². The Hall–Kier alpha value is -3.62. The molecular weight excluding hydrogens is 486 g/mol. The van der Waals surface area contributed by atoms with Gasteiger partial charge in [0.25, 0.3) is 5.69 Å². The minimum atomic E-state index is -0.935. The minimum absolute atomic E-state index is 0.0676. The molecule has 9 heteroatoms. The Bertz CT molecular complexity index is 1110. The number of nitro groups is 1. The van der Waals surface area contributed by atoms with Crippen molar-refractivity contribution in [2.24, 2.45) is 5.41 Å². The zero-order valence-corrected chi connectivity index (χ0v) is 22.7. The molecule has 9 nitrogen and oxygen atoms in total. The van der Waals surface area contributed by atoms with Crippen molar-refractivity contribution in [3.8, 4) is 11.5 Å². The highest BCUT2D eigenvalue weighted by atomic mass is 16.6. The fourth-order valence-corrected chi connectivity index (χ4v) is 4.83. The van der Waals surface area contributed by atoms with Gasteiger partial charge in [-0.05, 0) is 67.5 Å². The van der Waals surface area contributed by atoms with Gasteiger partial charge in [0.05, 0.1) is 19.1 Å². The molecule has 1 unspecified atom stereocenters. The van der Waals surface area contributed by atoms with E-state index < -0.39 is 16.4 Å². The van der Waals surface area contributed by atoms with Crippen molar-refractivity contribution in [3.63, 3.8) is 0 Å². The fourth-order valence-electron chi connectivity index (χ4n) is 4.83. The summed E-state index contributed by atoms with van der Waals surface area (Å²) in [5.74, 6) is 0.795. The highest BCUT2D eigenvalue weighted by Gasteiger charge is 2.33. The Morgan fingerprint density at radius 1 is 1.03 bits per heavy atom. The van der Waals surface area contributed by atoms with E-state index in [0.29, 0.717) is 23.5 Å². The SMILES string of the molecule is COc1ccc(CCCC(C)(C)C(=O)NC(C(=O)NC2CCCCC2)c2ccc([N+](=O)[O-])cc2)cc1OC. The van der Waals surface area contributed by atoms with Crippen LogP contribution < -0.4 is 20.1 Å². The smallest absolute Gasteiger partial charge is 0.269 e. The predicted octanol–water partition coefficient (Wildman–Crippen LogP) is 5.27. The van der Waals surface area contributed by atoms with Crippen LogP contribution in [0.2, 0.25) is 0 Å². The molecule has 0 aliphatic heterocycles. The van der Waals surface area contributed by atoms with Crippen LogP contribution in [0.5, 0.6) is 11.5 Å². The largest absolute Gasteiger partial charge is 0.493 e. The van der Waals surface area contributed by atoms with Gasteiger partial charge >= 0.3 is 0 Å². The molecule has 1 aliphatic rings. The van der Waals surface area contributed by atoms with E-state index in [4.69, 9.17) is 9.47 Å². The molecule has 0 heterocycles. The van der Waals surface area contributed by atoms with Crippen molar-refractivity contribution in [1.82, 2.24) is 10.6 Å². The number of amides is 2. The first kappa shape index (κ1) is 28.9. The third kappa shape index (κ3) is 7.69. The van der Waals surface area contributed by atoms with E-state index in [-0.39, 0.29) is 23.5 Å². The van der Waals surface area contributed by atoms with Crippen molar-refractivity contribution in [2.45, 2.75) is 77.3 Å². The molecule has 38 heavy (non-hydrogen) atoms. The molecule has 0 radical (unpaired) electrons. The molecular formula is C29H39N3O6. The van der Waals surface area contributed by atoms with Crippen LogP contribution >= 0.6 is 0 Å². The summed E-state index contributed by atoms with van der Waals surface area (Å²) in [7, 11) is 3.19. The van der Waals surface area contributed by atoms with Crippen molar-refractivity contribution >= 4 is 17.5 Å². The number of carbonyl (C=O) groups excluding carboxylic acids is 2. The highest BCUT2D eigenvalue weighted by molar-refractivity contribution is 5.90. The summed E-state index contributed by atoms with van der Waals surface area (Å²) in [6.07, 6.45) is 7.22. The number of ether oxygens (including phenoxy) is 2. The lowest BCUT2D eigenvalue weighted by molar-refractivity contribution is -0.384. The Morgan fingerprint density at radius 2 is 1.68 bits per heavy atom. The summed E-state index contributed by atoms with van der Waals surface area (Å²) in [5.41, 5.74) is 0.788. The molecule has 2 N–H and O–H groups in total. The van der Waals surface area contributed by atoms with E-state index in [1.807, 2.05) is 32.0 Å². The molecule has 1 saturated carbocycles. The van der Waals surface area contributed by atoms with Gasteiger partial charge in [-0.25, -0.2) is 0 Å². The second kappa shape index (κ2) is 13.3. The second-order valence-electron chi connectivity index (χ2n) is 10.5. The van der Waals surface area contributed by atoms with Crippen LogP contribution in [0.25, 0.3) is 0 Å². The zero-order chi connectivity index (χ0) is 27.7. The van der Waals surface area contributed by atoms with Crippen LogP contribution in [0, 0.1) is 15.5 Å². The topological polar surface area (TPSA) is 120 Å². The van der Waals surface area contributed by atoms with E-state index in [1.54, 1.807) is 14.2 Å². The normalized spacial score (nSPS) is 14.8. The summed E-state index contributed by atoms with van der Waals surface area (Å²) in [4.78, 5) is 37.4.